The second-order valence-electron chi connectivity index (χ2n) is 4.18. The van der Waals surface area contributed by atoms with Gasteiger partial charge in [-0.25, -0.2) is 4.79 Å². The van der Waals surface area contributed by atoms with Gasteiger partial charge in [0.2, 0.25) is 11.0 Å². The van der Waals surface area contributed by atoms with Crippen LogP contribution in [-0.4, -0.2) is 34.4 Å². The van der Waals surface area contributed by atoms with E-state index in [1.165, 1.54) is 23.1 Å². The third-order valence-corrected chi connectivity index (χ3v) is 3.89. The summed E-state index contributed by atoms with van der Waals surface area (Å²) < 4.78 is 0.605. The molecule has 0 fully saturated rings. The van der Waals surface area contributed by atoms with E-state index in [4.69, 9.17) is 5.73 Å². The number of rotatable bonds is 6. The van der Waals surface area contributed by atoms with Crippen molar-refractivity contribution in [1.29, 1.82) is 0 Å². The van der Waals surface area contributed by atoms with Crippen molar-refractivity contribution in [3.63, 3.8) is 0 Å². The van der Waals surface area contributed by atoms with Gasteiger partial charge in [-0.05, 0) is 12.3 Å². The summed E-state index contributed by atoms with van der Waals surface area (Å²) in [5, 5.41) is 12.6. The van der Waals surface area contributed by atoms with E-state index in [1.54, 1.807) is 0 Å². The summed E-state index contributed by atoms with van der Waals surface area (Å²) in [4.78, 5) is 22.8. The van der Waals surface area contributed by atoms with Gasteiger partial charge >= 0.3 is 6.03 Å². The van der Waals surface area contributed by atoms with Crippen molar-refractivity contribution in [2.45, 2.75) is 24.6 Å². The van der Waals surface area contributed by atoms with Gasteiger partial charge in [-0.15, -0.1) is 10.2 Å². The standard InChI is InChI=1S/C10H17N5O2S2/c1-6(2)3-4-12-9(17)13-7(16)5-18-10-15-14-8(11)19-10/h6H,3-5H2,1-2H3,(H2,11,14)(H2,12,13,16,17). The zero-order valence-electron chi connectivity index (χ0n) is 10.8. The second kappa shape index (κ2) is 7.95. The smallest absolute Gasteiger partial charge is 0.321 e. The zero-order chi connectivity index (χ0) is 14.3. The molecule has 0 saturated heterocycles. The Morgan fingerprint density at radius 2 is 2.16 bits per heavy atom. The van der Waals surface area contributed by atoms with Crippen LogP contribution in [0.25, 0.3) is 0 Å². The number of nitrogens with zero attached hydrogens (tertiary/aromatic N) is 2. The van der Waals surface area contributed by atoms with Crippen LogP contribution in [-0.2, 0) is 4.79 Å². The highest BCUT2D eigenvalue weighted by Gasteiger charge is 2.10. The number of amides is 3. The number of anilines is 1. The highest BCUT2D eigenvalue weighted by atomic mass is 32.2. The summed E-state index contributed by atoms with van der Waals surface area (Å²) >= 11 is 2.40. The van der Waals surface area contributed by atoms with Crippen molar-refractivity contribution >= 4 is 40.2 Å². The Labute approximate surface area is 119 Å². The molecule has 1 rings (SSSR count). The Morgan fingerprint density at radius 1 is 1.42 bits per heavy atom. The Bertz CT molecular complexity index is 435. The molecule has 1 aromatic heterocycles. The third kappa shape index (κ3) is 6.97. The second-order valence-corrected chi connectivity index (χ2v) is 6.41. The van der Waals surface area contributed by atoms with Crippen LogP contribution in [0.3, 0.4) is 0 Å². The molecule has 0 spiro atoms. The Hall–Kier alpha value is -1.35. The van der Waals surface area contributed by atoms with E-state index in [9.17, 15) is 9.59 Å². The van der Waals surface area contributed by atoms with Gasteiger partial charge in [0.05, 0.1) is 5.75 Å². The third-order valence-electron chi connectivity index (χ3n) is 2.01. The van der Waals surface area contributed by atoms with Gasteiger partial charge in [0, 0.05) is 6.54 Å². The van der Waals surface area contributed by atoms with Crippen LogP contribution >= 0.6 is 23.1 Å². The molecular weight excluding hydrogens is 286 g/mol. The lowest BCUT2D eigenvalue weighted by Gasteiger charge is -2.07. The quantitative estimate of drug-likeness (QED) is 0.678. The molecule has 7 nitrogen and oxygen atoms in total. The Balaban J connectivity index is 2.18. The van der Waals surface area contributed by atoms with Crippen LogP contribution in [0.2, 0.25) is 0 Å². The van der Waals surface area contributed by atoms with Gasteiger partial charge in [-0.1, -0.05) is 36.9 Å². The fourth-order valence-corrected chi connectivity index (χ4v) is 2.52. The van der Waals surface area contributed by atoms with Crippen molar-refractivity contribution < 1.29 is 9.59 Å². The summed E-state index contributed by atoms with van der Waals surface area (Å²) in [7, 11) is 0. The van der Waals surface area contributed by atoms with Crippen LogP contribution in [0.4, 0.5) is 9.93 Å². The van der Waals surface area contributed by atoms with Gasteiger partial charge in [0.15, 0.2) is 4.34 Å². The van der Waals surface area contributed by atoms with E-state index in [1.807, 2.05) is 0 Å². The van der Waals surface area contributed by atoms with E-state index >= 15 is 0 Å². The number of aromatic nitrogens is 2. The highest BCUT2D eigenvalue weighted by molar-refractivity contribution is 8.01. The summed E-state index contributed by atoms with van der Waals surface area (Å²) in [5.41, 5.74) is 5.41. The van der Waals surface area contributed by atoms with Crippen molar-refractivity contribution in [3.05, 3.63) is 0 Å². The summed E-state index contributed by atoms with van der Waals surface area (Å²) in [6.07, 6.45) is 0.875. The average molecular weight is 303 g/mol. The summed E-state index contributed by atoms with van der Waals surface area (Å²) in [6, 6.07) is -0.469. The molecule has 1 aromatic rings. The monoisotopic (exact) mass is 303 g/mol. The van der Waals surface area contributed by atoms with Crippen molar-refractivity contribution in [3.8, 4) is 0 Å². The Kier molecular flexibility index (Phi) is 6.57. The molecule has 9 heteroatoms. The fraction of sp³-hybridized carbons (Fsp3) is 0.600. The van der Waals surface area contributed by atoms with Crippen LogP contribution in [0, 0.1) is 5.92 Å². The predicted octanol–water partition coefficient (Wildman–Crippen LogP) is 1.08. The lowest BCUT2D eigenvalue weighted by molar-refractivity contribution is -0.117. The maximum absolute atomic E-state index is 11.5. The van der Waals surface area contributed by atoms with E-state index in [0.29, 0.717) is 21.9 Å². The predicted molar refractivity (Wildman–Crippen MR) is 76.0 cm³/mol. The minimum absolute atomic E-state index is 0.103. The fourth-order valence-electron chi connectivity index (χ4n) is 1.09. The average Bonchev–Trinajstić information content (AvgIpc) is 2.72. The SMILES string of the molecule is CC(C)CCNC(=O)NC(=O)CSc1nnc(N)s1. The summed E-state index contributed by atoms with van der Waals surface area (Å²) in [5.74, 6) is 0.238. The molecule has 4 N–H and O–H groups in total. The number of thioether (sulfide) groups is 1. The van der Waals surface area contributed by atoms with Gasteiger partial charge in [-0.3, -0.25) is 10.1 Å². The molecular formula is C10H17N5O2S2. The largest absolute Gasteiger partial charge is 0.374 e. The molecule has 0 saturated carbocycles. The maximum atomic E-state index is 11.5. The molecule has 0 aliphatic carbocycles. The van der Waals surface area contributed by atoms with E-state index in [2.05, 4.69) is 34.7 Å². The lowest BCUT2D eigenvalue weighted by atomic mass is 10.1. The number of nitrogen functional groups attached to an aromatic ring is 1. The number of urea groups is 1. The minimum Gasteiger partial charge on any atom is -0.374 e. The summed E-state index contributed by atoms with van der Waals surface area (Å²) in [6.45, 7) is 4.68. The first-order valence-electron chi connectivity index (χ1n) is 5.77. The molecule has 0 radical (unpaired) electrons. The van der Waals surface area contributed by atoms with Crippen molar-refractivity contribution in [1.82, 2.24) is 20.8 Å². The van der Waals surface area contributed by atoms with E-state index < -0.39 is 6.03 Å². The Morgan fingerprint density at radius 3 is 2.74 bits per heavy atom. The zero-order valence-corrected chi connectivity index (χ0v) is 12.4. The normalized spacial score (nSPS) is 10.5. The van der Waals surface area contributed by atoms with Crippen LogP contribution in [0.5, 0.6) is 0 Å². The first kappa shape index (κ1) is 15.7. The molecule has 0 aliphatic heterocycles. The molecule has 0 atom stereocenters. The molecule has 3 amide bonds. The maximum Gasteiger partial charge on any atom is 0.321 e. The molecule has 0 bridgehead atoms. The number of hydrogen-bond donors (Lipinski definition) is 3. The lowest BCUT2D eigenvalue weighted by Crippen LogP contribution is -2.40. The molecule has 0 aromatic carbocycles. The molecule has 19 heavy (non-hydrogen) atoms. The molecule has 0 unspecified atom stereocenters. The van der Waals surface area contributed by atoms with E-state index in [0.717, 1.165) is 6.42 Å². The number of nitrogens with one attached hydrogen (secondary N) is 2. The van der Waals surface area contributed by atoms with Crippen LogP contribution in [0.15, 0.2) is 4.34 Å². The minimum atomic E-state index is -0.469. The van der Waals surface area contributed by atoms with Crippen LogP contribution < -0.4 is 16.4 Å². The van der Waals surface area contributed by atoms with Gasteiger partial charge in [-0.2, -0.15) is 0 Å². The first-order chi connectivity index (χ1) is 8.97. The van der Waals surface area contributed by atoms with Gasteiger partial charge < -0.3 is 11.1 Å². The van der Waals surface area contributed by atoms with Gasteiger partial charge in [0.25, 0.3) is 0 Å². The van der Waals surface area contributed by atoms with Crippen molar-refractivity contribution in [2.24, 2.45) is 5.92 Å². The van der Waals surface area contributed by atoms with Crippen LogP contribution in [0.1, 0.15) is 20.3 Å². The molecule has 0 aliphatic rings. The number of carbonyl (C=O) groups is 2. The molecule has 106 valence electrons. The number of hydrogen-bond acceptors (Lipinski definition) is 7. The van der Waals surface area contributed by atoms with Crippen molar-refractivity contribution in [2.75, 3.05) is 18.0 Å². The number of carbonyl (C=O) groups excluding carboxylic acids is 2. The number of nitrogens with two attached hydrogens (primary N) is 1. The van der Waals surface area contributed by atoms with E-state index in [-0.39, 0.29) is 11.7 Å². The topological polar surface area (TPSA) is 110 Å². The van der Waals surface area contributed by atoms with Gasteiger partial charge in [0.1, 0.15) is 0 Å². The number of imide groups is 1. The highest BCUT2D eigenvalue weighted by Crippen LogP contribution is 2.22. The first-order valence-corrected chi connectivity index (χ1v) is 7.57. The molecule has 1 heterocycles.